The molecule has 24 heavy (non-hydrogen) atoms. The van der Waals surface area contributed by atoms with E-state index in [1.165, 1.54) is 12.8 Å². The zero-order chi connectivity index (χ0) is 16.2. The molecule has 0 bridgehead atoms. The van der Waals surface area contributed by atoms with Gasteiger partial charge in [-0.2, -0.15) is 0 Å². The molecule has 1 aliphatic rings. The van der Waals surface area contributed by atoms with Gasteiger partial charge < -0.3 is 10.2 Å². The Balaban J connectivity index is 1.51. The third kappa shape index (κ3) is 3.17. The van der Waals surface area contributed by atoms with Crippen LogP contribution in [-0.4, -0.2) is 33.0 Å². The van der Waals surface area contributed by atoms with Crippen molar-refractivity contribution in [2.45, 2.75) is 12.8 Å². The van der Waals surface area contributed by atoms with Crippen molar-refractivity contribution in [2.75, 3.05) is 23.3 Å². The second-order valence-electron chi connectivity index (χ2n) is 5.73. The van der Waals surface area contributed by atoms with Gasteiger partial charge in [0.1, 0.15) is 5.82 Å². The van der Waals surface area contributed by atoms with Crippen molar-refractivity contribution in [3.63, 3.8) is 0 Å². The van der Waals surface area contributed by atoms with Gasteiger partial charge in [0.15, 0.2) is 0 Å². The zero-order valence-electron chi connectivity index (χ0n) is 13.3. The minimum absolute atomic E-state index is 0.548. The molecule has 0 atom stereocenters. The van der Waals surface area contributed by atoms with Crippen LogP contribution in [-0.2, 0) is 0 Å². The van der Waals surface area contributed by atoms with E-state index in [0.717, 1.165) is 35.9 Å². The first-order valence-electron chi connectivity index (χ1n) is 8.10. The number of nitrogens with one attached hydrogen (secondary N) is 1. The average molecular weight is 318 g/mol. The summed E-state index contributed by atoms with van der Waals surface area (Å²) in [5, 5.41) is 3.21. The van der Waals surface area contributed by atoms with Gasteiger partial charge in [0.05, 0.1) is 17.6 Å². The molecule has 0 aromatic carbocycles. The fraction of sp³-hybridized carbons (Fsp3) is 0.222. The van der Waals surface area contributed by atoms with Gasteiger partial charge in [0.2, 0.25) is 5.95 Å². The van der Waals surface area contributed by atoms with Crippen LogP contribution in [0.5, 0.6) is 0 Å². The fourth-order valence-corrected chi connectivity index (χ4v) is 2.82. The van der Waals surface area contributed by atoms with Crippen LogP contribution in [0.1, 0.15) is 12.8 Å². The van der Waals surface area contributed by atoms with Crippen LogP contribution in [0, 0.1) is 0 Å². The summed E-state index contributed by atoms with van der Waals surface area (Å²) in [6.07, 6.45) is 9.60. The van der Waals surface area contributed by atoms with Gasteiger partial charge in [-0.25, -0.2) is 15.0 Å². The highest BCUT2D eigenvalue weighted by Crippen LogP contribution is 2.21. The molecule has 1 saturated heterocycles. The summed E-state index contributed by atoms with van der Waals surface area (Å²) in [4.78, 5) is 19.8. The molecule has 0 amide bonds. The Labute approximate surface area is 140 Å². The SMILES string of the molecule is c1cncc(-c2ccnc(Nc3ccc(N4CCCC4)nc3)n2)c1. The number of aromatic nitrogens is 4. The molecule has 3 aromatic heterocycles. The van der Waals surface area contributed by atoms with E-state index in [1.54, 1.807) is 18.6 Å². The lowest BCUT2D eigenvalue weighted by Crippen LogP contribution is -2.18. The van der Waals surface area contributed by atoms with Gasteiger partial charge in [-0.3, -0.25) is 4.98 Å². The average Bonchev–Trinajstić information content (AvgIpc) is 3.18. The molecule has 0 unspecified atom stereocenters. The Kier molecular flexibility index (Phi) is 4.02. The van der Waals surface area contributed by atoms with E-state index in [4.69, 9.17) is 0 Å². The van der Waals surface area contributed by atoms with Gasteiger partial charge in [-0.15, -0.1) is 0 Å². The maximum atomic E-state index is 4.54. The van der Waals surface area contributed by atoms with E-state index >= 15 is 0 Å². The molecular weight excluding hydrogens is 300 g/mol. The van der Waals surface area contributed by atoms with Crippen molar-refractivity contribution in [3.8, 4) is 11.3 Å². The molecular formula is C18H18N6. The number of nitrogens with zero attached hydrogens (tertiary/aromatic N) is 5. The highest BCUT2D eigenvalue weighted by Gasteiger charge is 2.13. The lowest BCUT2D eigenvalue weighted by molar-refractivity contribution is 0.938. The fourth-order valence-electron chi connectivity index (χ4n) is 2.82. The number of rotatable bonds is 4. The Morgan fingerprint density at radius 1 is 0.917 bits per heavy atom. The third-order valence-corrected chi connectivity index (χ3v) is 4.05. The largest absolute Gasteiger partial charge is 0.357 e. The van der Waals surface area contributed by atoms with Crippen LogP contribution in [0.15, 0.2) is 55.1 Å². The van der Waals surface area contributed by atoms with Crippen LogP contribution >= 0.6 is 0 Å². The topological polar surface area (TPSA) is 66.8 Å². The van der Waals surface area contributed by atoms with Crippen LogP contribution < -0.4 is 10.2 Å². The van der Waals surface area contributed by atoms with Gasteiger partial charge in [-0.05, 0) is 43.2 Å². The van der Waals surface area contributed by atoms with Gasteiger partial charge in [0, 0.05) is 37.2 Å². The van der Waals surface area contributed by atoms with Crippen molar-refractivity contribution in [2.24, 2.45) is 0 Å². The molecule has 1 aliphatic heterocycles. The second-order valence-corrected chi connectivity index (χ2v) is 5.73. The van der Waals surface area contributed by atoms with Gasteiger partial charge in [0.25, 0.3) is 0 Å². The molecule has 3 aromatic rings. The summed E-state index contributed by atoms with van der Waals surface area (Å²) in [5.74, 6) is 1.58. The summed E-state index contributed by atoms with van der Waals surface area (Å²) in [5.41, 5.74) is 2.67. The summed E-state index contributed by atoms with van der Waals surface area (Å²) in [6.45, 7) is 2.19. The lowest BCUT2D eigenvalue weighted by Gasteiger charge is -2.16. The van der Waals surface area contributed by atoms with Crippen molar-refractivity contribution in [1.29, 1.82) is 0 Å². The minimum Gasteiger partial charge on any atom is -0.357 e. The second kappa shape index (κ2) is 6.62. The van der Waals surface area contributed by atoms with E-state index in [1.807, 2.05) is 36.5 Å². The molecule has 4 heterocycles. The number of anilines is 3. The van der Waals surface area contributed by atoms with E-state index in [2.05, 4.69) is 30.2 Å². The molecule has 0 saturated carbocycles. The van der Waals surface area contributed by atoms with E-state index in [0.29, 0.717) is 5.95 Å². The van der Waals surface area contributed by atoms with E-state index in [9.17, 15) is 0 Å². The number of pyridine rings is 2. The summed E-state index contributed by atoms with van der Waals surface area (Å²) in [7, 11) is 0. The molecule has 0 spiro atoms. The van der Waals surface area contributed by atoms with Crippen LogP contribution in [0.2, 0.25) is 0 Å². The Morgan fingerprint density at radius 3 is 2.58 bits per heavy atom. The molecule has 4 rings (SSSR count). The van der Waals surface area contributed by atoms with Gasteiger partial charge in [-0.1, -0.05) is 0 Å². The van der Waals surface area contributed by atoms with Crippen LogP contribution in [0.25, 0.3) is 11.3 Å². The molecule has 6 nitrogen and oxygen atoms in total. The number of hydrogen-bond acceptors (Lipinski definition) is 6. The minimum atomic E-state index is 0.548. The van der Waals surface area contributed by atoms with Crippen LogP contribution in [0.3, 0.4) is 0 Å². The Hall–Kier alpha value is -3.02. The summed E-state index contributed by atoms with van der Waals surface area (Å²) < 4.78 is 0. The number of hydrogen-bond donors (Lipinski definition) is 1. The zero-order valence-corrected chi connectivity index (χ0v) is 13.3. The molecule has 6 heteroatoms. The molecule has 0 aliphatic carbocycles. The summed E-state index contributed by atoms with van der Waals surface area (Å²) >= 11 is 0. The monoisotopic (exact) mass is 318 g/mol. The van der Waals surface area contributed by atoms with E-state index in [-0.39, 0.29) is 0 Å². The highest BCUT2D eigenvalue weighted by molar-refractivity contribution is 5.61. The quantitative estimate of drug-likeness (QED) is 0.796. The van der Waals surface area contributed by atoms with Crippen molar-refractivity contribution < 1.29 is 0 Å². The Bertz CT molecular complexity index is 797. The predicted octanol–water partition coefficient (Wildman–Crippen LogP) is 3.28. The standard InChI is InChI=1S/C18H18N6/c1-2-11-24(10-1)17-6-5-15(13-21-17)22-18-20-9-7-16(23-18)14-4-3-8-19-12-14/h3-9,12-13H,1-2,10-11H2,(H,20,22,23). The molecule has 1 fully saturated rings. The van der Waals surface area contributed by atoms with E-state index < -0.39 is 0 Å². The maximum Gasteiger partial charge on any atom is 0.227 e. The summed E-state index contributed by atoms with van der Waals surface area (Å²) in [6, 6.07) is 9.80. The predicted molar refractivity (Wildman–Crippen MR) is 94.2 cm³/mol. The molecule has 1 N–H and O–H groups in total. The molecule has 120 valence electrons. The molecule has 0 radical (unpaired) electrons. The highest BCUT2D eigenvalue weighted by atomic mass is 15.2. The maximum absolute atomic E-state index is 4.54. The Morgan fingerprint density at radius 2 is 1.83 bits per heavy atom. The smallest absolute Gasteiger partial charge is 0.227 e. The lowest BCUT2D eigenvalue weighted by atomic mass is 10.2. The third-order valence-electron chi connectivity index (χ3n) is 4.05. The van der Waals surface area contributed by atoms with Crippen molar-refractivity contribution >= 4 is 17.5 Å². The first-order valence-corrected chi connectivity index (χ1v) is 8.10. The first-order chi connectivity index (χ1) is 11.9. The van der Waals surface area contributed by atoms with Crippen molar-refractivity contribution in [1.82, 2.24) is 19.9 Å². The van der Waals surface area contributed by atoms with Gasteiger partial charge >= 0.3 is 0 Å². The van der Waals surface area contributed by atoms with Crippen LogP contribution in [0.4, 0.5) is 17.5 Å². The normalized spacial score (nSPS) is 13.9. The first kappa shape index (κ1) is 14.6. The van der Waals surface area contributed by atoms with Crippen molar-refractivity contribution in [3.05, 3.63) is 55.1 Å².